The molecule has 7 nitrogen and oxygen atoms in total. The number of aliphatic hydroxyl groups is 1. The van der Waals surface area contributed by atoms with Crippen LogP contribution in [-0.2, 0) is 15.0 Å². The lowest BCUT2D eigenvalue weighted by atomic mass is 9.85. The molecular formula is C29H36N4O3. The maximum absolute atomic E-state index is 13.4. The summed E-state index contributed by atoms with van der Waals surface area (Å²) >= 11 is 0. The van der Waals surface area contributed by atoms with Crippen molar-refractivity contribution in [3.05, 3.63) is 76.2 Å². The molecule has 3 aromatic rings. The Bertz CT molecular complexity index is 1340. The number of fused-ring (bicyclic) bond motifs is 1. The van der Waals surface area contributed by atoms with Gasteiger partial charge in [0.25, 0.3) is 11.7 Å². The SMILES string of the molecule is Cc1nc2c(C)cccn2c1/C(O)=C1\C(=O)C(=O)N(CCCN(C)C)[C@H]1c1ccc(C(C)(C)C)cc1. The van der Waals surface area contributed by atoms with Crippen molar-refractivity contribution in [3.63, 3.8) is 0 Å². The molecule has 1 amide bonds. The first-order valence-electron chi connectivity index (χ1n) is 12.4. The van der Waals surface area contributed by atoms with E-state index in [0.717, 1.165) is 23.2 Å². The average molecular weight is 489 g/mol. The molecular weight excluding hydrogens is 452 g/mol. The summed E-state index contributed by atoms with van der Waals surface area (Å²) in [5.74, 6) is -1.43. The fourth-order valence-electron chi connectivity index (χ4n) is 4.91. The van der Waals surface area contributed by atoms with Crippen LogP contribution >= 0.6 is 0 Å². The van der Waals surface area contributed by atoms with Crippen LogP contribution in [0.1, 0.15) is 61.3 Å². The normalized spacial score (nSPS) is 18.1. The first-order chi connectivity index (χ1) is 16.9. The topological polar surface area (TPSA) is 78.1 Å². The van der Waals surface area contributed by atoms with Crippen LogP contribution < -0.4 is 0 Å². The fraction of sp³-hybridized carbons (Fsp3) is 0.414. The molecule has 190 valence electrons. The van der Waals surface area contributed by atoms with Crippen molar-refractivity contribution in [2.45, 2.75) is 52.5 Å². The molecule has 2 aromatic heterocycles. The molecule has 1 atom stereocenters. The number of aryl methyl sites for hydroxylation is 2. The highest BCUT2D eigenvalue weighted by molar-refractivity contribution is 6.46. The number of hydrogen-bond acceptors (Lipinski definition) is 5. The molecule has 0 saturated carbocycles. The number of nitrogens with zero attached hydrogens (tertiary/aromatic N) is 4. The number of benzene rings is 1. The van der Waals surface area contributed by atoms with Gasteiger partial charge in [-0.3, -0.25) is 14.0 Å². The molecule has 1 aromatic carbocycles. The van der Waals surface area contributed by atoms with Crippen LogP contribution in [0, 0.1) is 13.8 Å². The number of rotatable bonds is 6. The average Bonchev–Trinajstić information content (AvgIpc) is 3.27. The number of amides is 1. The second kappa shape index (κ2) is 9.54. The third-order valence-electron chi connectivity index (χ3n) is 6.88. The Labute approximate surface area is 213 Å². The number of carbonyl (C=O) groups excluding carboxylic acids is 2. The smallest absolute Gasteiger partial charge is 0.295 e. The number of carbonyl (C=O) groups is 2. The van der Waals surface area contributed by atoms with Gasteiger partial charge in [-0.05, 0) is 69.1 Å². The van der Waals surface area contributed by atoms with Crippen molar-refractivity contribution in [1.29, 1.82) is 0 Å². The van der Waals surface area contributed by atoms with E-state index in [1.807, 2.05) is 75.4 Å². The Morgan fingerprint density at radius 3 is 2.36 bits per heavy atom. The number of Topliss-reactive ketones (excluding diaryl/α,β-unsaturated/α-hetero) is 1. The van der Waals surface area contributed by atoms with Crippen molar-refractivity contribution in [2.24, 2.45) is 0 Å². The molecule has 0 unspecified atom stereocenters. The number of aromatic nitrogens is 2. The molecule has 4 rings (SSSR count). The summed E-state index contributed by atoms with van der Waals surface area (Å²) in [6.45, 7) is 11.4. The minimum absolute atomic E-state index is 0.0302. The number of hydrogen-bond donors (Lipinski definition) is 1. The first kappa shape index (κ1) is 25.6. The maximum atomic E-state index is 13.4. The van der Waals surface area contributed by atoms with Crippen molar-refractivity contribution in [3.8, 4) is 0 Å². The Balaban J connectivity index is 1.89. The number of pyridine rings is 1. The minimum atomic E-state index is -0.670. The molecule has 0 bridgehead atoms. The molecule has 1 fully saturated rings. The Kier molecular flexibility index (Phi) is 6.80. The molecule has 0 radical (unpaired) electrons. The minimum Gasteiger partial charge on any atom is -0.505 e. The van der Waals surface area contributed by atoms with Gasteiger partial charge in [-0.25, -0.2) is 4.98 Å². The summed E-state index contributed by atoms with van der Waals surface area (Å²) in [4.78, 5) is 35.0. The summed E-state index contributed by atoms with van der Waals surface area (Å²) < 4.78 is 1.79. The summed E-state index contributed by atoms with van der Waals surface area (Å²) in [5, 5.41) is 11.6. The van der Waals surface area contributed by atoms with E-state index < -0.39 is 17.7 Å². The molecule has 7 heteroatoms. The highest BCUT2D eigenvalue weighted by Crippen LogP contribution is 2.40. The van der Waals surface area contributed by atoms with Gasteiger partial charge in [0.05, 0.1) is 17.3 Å². The van der Waals surface area contributed by atoms with Gasteiger partial charge in [0.15, 0.2) is 5.76 Å². The molecule has 0 aliphatic carbocycles. The second-order valence-electron chi connectivity index (χ2n) is 11.0. The van der Waals surface area contributed by atoms with E-state index >= 15 is 0 Å². The molecule has 3 heterocycles. The molecule has 1 N–H and O–H groups in total. The largest absolute Gasteiger partial charge is 0.505 e. The standard InChI is InChI=1S/C29H36N4O3/c1-18-10-8-16-32-23(19(2)30-27(18)32)25(34)22-24(20-11-13-21(14-12-20)29(3,4)5)33(28(36)26(22)35)17-9-15-31(6)7/h8,10-14,16,24,34H,9,15,17H2,1-7H3/b25-22+/t24-/m0/s1. The van der Waals surface area contributed by atoms with Gasteiger partial charge in [-0.1, -0.05) is 51.1 Å². The van der Waals surface area contributed by atoms with Gasteiger partial charge in [-0.2, -0.15) is 0 Å². The van der Waals surface area contributed by atoms with E-state index in [-0.39, 0.29) is 16.7 Å². The lowest BCUT2D eigenvalue weighted by Gasteiger charge is -2.27. The molecule has 36 heavy (non-hydrogen) atoms. The van der Waals surface area contributed by atoms with Gasteiger partial charge in [0.1, 0.15) is 11.3 Å². The van der Waals surface area contributed by atoms with Gasteiger partial charge in [0, 0.05) is 12.7 Å². The Morgan fingerprint density at radius 2 is 1.75 bits per heavy atom. The molecule has 1 aliphatic rings. The van der Waals surface area contributed by atoms with E-state index in [1.165, 1.54) is 0 Å². The fourth-order valence-corrected chi connectivity index (χ4v) is 4.91. The molecule has 1 aliphatic heterocycles. The monoisotopic (exact) mass is 488 g/mol. The Morgan fingerprint density at radius 1 is 1.08 bits per heavy atom. The highest BCUT2D eigenvalue weighted by Gasteiger charge is 2.46. The predicted molar refractivity (Wildman–Crippen MR) is 142 cm³/mol. The van der Waals surface area contributed by atoms with Gasteiger partial charge >= 0.3 is 0 Å². The van der Waals surface area contributed by atoms with Crippen molar-refractivity contribution in [1.82, 2.24) is 19.2 Å². The van der Waals surface area contributed by atoms with E-state index in [2.05, 4.69) is 25.8 Å². The van der Waals surface area contributed by atoms with Crippen LogP contribution in [0.4, 0.5) is 0 Å². The molecule has 0 spiro atoms. The maximum Gasteiger partial charge on any atom is 0.295 e. The quantitative estimate of drug-likeness (QED) is 0.311. The molecule has 1 saturated heterocycles. The second-order valence-corrected chi connectivity index (χ2v) is 11.0. The van der Waals surface area contributed by atoms with Crippen LogP contribution in [0.3, 0.4) is 0 Å². The third-order valence-corrected chi connectivity index (χ3v) is 6.88. The number of aliphatic hydroxyl groups excluding tert-OH is 1. The Hall–Kier alpha value is -3.45. The number of imidazole rings is 1. The van der Waals surface area contributed by atoms with E-state index in [4.69, 9.17) is 0 Å². The van der Waals surface area contributed by atoms with E-state index in [0.29, 0.717) is 30.0 Å². The summed E-state index contributed by atoms with van der Waals surface area (Å²) in [7, 11) is 3.96. The van der Waals surface area contributed by atoms with Crippen LogP contribution in [0.15, 0.2) is 48.2 Å². The van der Waals surface area contributed by atoms with Gasteiger partial charge in [0.2, 0.25) is 0 Å². The van der Waals surface area contributed by atoms with Crippen LogP contribution in [0.5, 0.6) is 0 Å². The zero-order valence-corrected chi connectivity index (χ0v) is 22.3. The van der Waals surface area contributed by atoms with Crippen LogP contribution in [-0.4, -0.2) is 63.2 Å². The van der Waals surface area contributed by atoms with Crippen LogP contribution in [0.2, 0.25) is 0 Å². The zero-order chi connectivity index (χ0) is 26.4. The number of likely N-dealkylation sites (tertiary alicyclic amines) is 1. The third kappa shape index (κ3) is 4.55. The van der Waals surface area contributed by atoms with Gasteiger partial charge < -0.3 is 14.9 Å². The van der Waals surface area contributed by atoms with E-state index in [9.17, 15) is 14.7 Å². The number of ketones is 1. The zero-order valence-electron chi connectivity index (χ0n) is 22.3. The van der Waals surface area contributed by atoms with E-state index in [1.54, 1.807) is 9.30 Å². The van der Waals surface area contributed by atoms with Crippen LogP contribution in [0.25, 0.3) is 11.4 Å². The summed E-state index contributed by atoms with van der Waals surface area (Å²) in [6, 6.07) is 11.2. The lowest BCUT2D eigenvalue weighted by molar-refractivity contribution is -0.139. The summed E-state index contributed by atoms with van der Waals surface area (Å²) in [5.41, 5.74) is 4.75. The lowest BCUT2D eigenvalue weighted by Crippen LogP contribution is -2.32. The van der Waals surface area contributed by atoms with Crippen molar-refractivity contribution >= 4 is 23.1 Å². The van der Waals surface area contributed by atoms with Crippen molar-refractivity contribution < 1.29 is 14.7 Å². The first-order valence-corrected chi connectivity index (χ1v) is 12.4. The predicted octanol–water partition coefficient (Wildman–Crippen LogP) is 4.62. The van der Waals surface area contributed by atoms with Crippen molar-refractivity contribution in [2.75, 3.05) is 27.2 Å². The van der Waals surface area contributed by atoms with Gasteiger partial charge in [-0.15, -0.1) is 0 Å². The summed E-state index contributed by atoms with van der Waals surface area (Å²) in [6.07, 6.45) is 2.53. The highest BCUT2D eigenvalue weighted by atomic mass is 16.3.